The first kappa shape index (κ1) is 12.8. The highest BCUT2D eigenvalue weighted by molar-refractivity contribution is 9.10. The molecule has 0 radical (unpaired) electrons. The molecule has 2 rings (SSSR count). The molecule has 0 N–H and O–H groups in total. The minimum atomic E-state index is -3.42. The van der Waals surface area contributed by atoms with Crippen LogP contribution in [-0.4, -0.2) is 19.5 Å². The molecule has 1 aromatic rings. The van der Waals surface area contributed by atoms with Gasteiger partial charge in [0.15, 0.2) is 9.84 Å². The van der Waals surface area contributed by atoms with E-state index in [4.69, 9.17) is 0 Å². The molecule has 2 atom stereocenters. The largest absolute Gasteiger partial charge is 0.299 e. The number of hydrogen-bond acceptors (Lipinski definition) is 3. The standard InChI is InChI=1S/C12H13BrO3S/c1-8-10(14)6-7-11(8)17(15,16)12-5-3-2-4-9(12)13/h2-5,8,11H,6-7H2,1H3. The molecule has 1 saturated carbocycles. The summed E-state index contributed by atoms with van der Waals surface area (Å²) < 4.78 is 25.4. The predicted octanol–water partition coefficient (Wildman–Crippen LogP) is 2.59. The number of carbonyl (C=O) groups is 1. The molecule has 0 spiro atoms. The number of benzene rings is 1. The molecule has 1 aromatic carbocycles. The summed E-state index contributed by atoms with van der Waals surface area (Å²) in [6.07, 6.45) is 0.805. The van der Waals surface area contributed by atoms with E-state index in [0.29, 0.717) is 17.3 Å². The lowest BCUT2D eigenvalue weighted by atomic mass is 10.1. The van der Waals surface area contributed by atoms with Crippen molar-refractivity contribution in [3.05, 3.63) is 28.7 Å². The van der Waals surface area contributed by atoms with E-state index in [2.05, 4.69) is 15.9 Å². The predicted molar refractivity (Wildman–Crippen MR) is 68.5 cm³/mol. The fraction of sp³-hybridized carbons (Fsp3) is 0.417. The van der Waals surface area contributed by atoms with Crippen molar-refractivity contribution >= 4 is 31.6 Å². The first-order chi connectivity index (χ1) is 7.94. The molecule has 3 nitrogen and oxygen atoms in total. The van der Waals surface area contributed by atoms with Crippen LogP contribution >= 0.6 is 15.9 Å². The van der Waals surface area contributed by atoms with Gasteiger partial charge in [0.1, 0.15) is 5.78 Å². The van der Waals surface area contributed by atoms with Gasteiger partial charge in [-0.1, -0.05) is 19.1 Å². The minimum absolute atomic E-state index is 0.0469. The molecule has 1 fully saturated rings. The zero-order valence-electron chi connectivity index (χ0n) is 9.39. The van der Waals surface area contributed by atoms with E-state index in [9.17, 15) is 13.2 Å². The third kappa shape index (κ3) is 2.18. The average Bonchev–Trinajstić information content (AvgIpc) is 2.60. The summed E-state index contributed by atoms with van der Waals surface area (Å²) in [5.74, 6) is -0.349. The van der Waals surface area contributed by atoms with Crippen LogP contribution in [0.25, 0.3) is 0 Å². The Balaban J connectivity index is 2.45. The van der Waals surface area contributed by atoms with Gasteiger partial charge in [0.05, 0.1) is 10.1 Å². The van der Waals surface area contributed by atoms with E-state index in [-0.39, 0.29) is 10.7 Å². The zero-order chi connectivity index (χ0) is 12.6. The van der Waals surface area contributed by atoms with Gasteiger partial charge in [-0.05, 0) is 34.5 Å². The smallest absolute Gasteiger partial charge is 0.183 e. The molecule has 0 saturated heterocycles. The molecular weight excluding hydrogens is 304 g/mol. The Morgan fingerprint density at radius 1 is 1.29 bits per heavy atom. The van der Waals surface area contributed by atoms with E-state index >= 15 is 0 Å². The molecule has 0 aromatic heterocycles. The second-order valence-corrected chi connectivity index (χ2v) is 7.30. The normalized spacial score (nSPS) is 25.2. The molecule has 0 amide bonds. The van der Waals surface area contributed by atoms with Crippen LogP contribution in [0.15, 0.2) is 33.6 Å². The molecule has 0 bridgehead atoms. The first-order valence-corrected chi connectivity index (χ1v) is 7.79. The van der Waals surface area contributed by atoms with Gasteiger partial charge in [0, 0.05) is 16.8 Å². The number of hydrogen-bond donors (Lipinski definition) is 0. The summed E-state index contributed by atoms with van der Waals surface area (Å²) in [4.78, 5) is 11.8. The Labute approximate surface area is 109 Å². The molecule has 5 heteroatoms. The van der Waals surface area contributed by atoms with Crippen molar-refractivity contribution in [3.63, 3.8) is 0 Å². The highest BCUT2D eigenvalue weighted by Crippen LogP contribution is 2.34. The maximum absolute atomic E-state index is 12.4. The Bertz CT molecular complexity index is 551. The van der Waals surface area contributed by atoms with Crippen molar-refractivity contribution in [2.24, 2.45) is 5.92 Å². The second kappa shape index (κ2) is 4.53. The monoisotopic (exact) mass is 316 g/mol. The third-order valence-corrected chi connectivity index (χ3v) is 6.65. The Morgan fingerprint density at radius 3 is 2.47 bits per heavy atom. The van der Waals surface area contributed by atoms with E-state index in [0.717, 1.165) is 0 Å². The van der Waals surface area contributed by atoms with Crippen LogP contribution in [0.1, 0.15) is 19.8 Å². The van der Waals surface area contributed by atoms with Gasteiger partial charge in [-0.2, -0.15) is 0 Å². The van der Waals surface area contributed by atoms with Crippen LogP contribution in [0.5, 0.6) is 0 Å². The Hall–Kier alpha value is -0.680. The molecule has 17 heavy (non-hydrogen) atoms. The van der Waals surface area contributed by atoms with Gasteiger partial charge in [-0.3, -0.25) is 4.79 Å². The van der Waals surface area contributed by atoms with E-state index in [1.165, 1.54) is 0 Å². The van der Waals surface area contributed by atoms with Gasteiger partial charge in [-0.15, -0.1) is 0 Å². The summed E-state index contributed by atoms with van der Waals surface area (Å²) in [7, 11) is -3.42. The molecule has 1 aliphatic carbocycles. The lowest BCUT2D eigenvalue weighted by Crippen LogP contribution is -2.26. The number of carbonyl (C=O) groups excluding carboxylic acids is 1. The van der Waals surface area contributed by atoms with Crippen molar-refractivity contribution < 1.29 is 13.2 Å². The zero-order valence-corrected chi connectivity index (χ0v) is 11.8. The average molecular weight is 317 g/mol. The summed E-state index contributed by atoms with van der Waals surface area (Å²) in [6, 6.07) is 6.74. The molecule has 1 aliphatic rings. The number of halogens is 1. The molecule has 0 heterocycles. The Kier molecular flexibility index (Phi) is 3.41. The van der Waals surface area contributed by atoms with Crippen LogP contribution < -0.4 is 0 Å². The first-order valence-electron chi connectivity index (χ1n) is 5.45. The van der Waals surface area contributed by atoms with E-state index in [1.807, 2.05) is 0 Å². The van der Waals surface area contributed by atoms with Crippen molar-refractivity contribution in [3.8, 4) is 0 Å². The highest BCUT2D eigenvalue weighted by atomic mass is 79.9. The quantitative estimate of drug-likeness (QED) is 0.842. The maximum Gasteiger partial charge on any atom is 0.183 e. The lowest BCUT2D eigenvalue weighted by molar-refractivity contribution is -0.120. The SMILES string of the molecule is CC1C(=O)CCC1S(=O)(=O)c1ccccc1Br. The topological polar surface area (TPSA) is 51.2 Å². The summed E-state index contributed by atoms with van der Waals surface area (Å²) in [6.45, 7) is 1.70. The second-order valence-electron chi connectivity index (χ2n) is 4.31. The number of ketones is 1. The molecule has 92 valence electrons. The van der Waals surface area contributed by atoms with Crippen molar-refractivity contribution in [2.75, 3.05) is 0 Å². The molecular formula is C12H13BrO3S. The molecule has 2 unspecified atom stereocenters. The van der Waals surface area contributed by atoms with Crippen molar-refractivity contribution in [1.82, 2.24) is 0 Å². The van der Waals surface area contributed by atoms with E-state index in [1.54, 1.807) is 31.2 Å². The number of Topliss-reactive ketones (excluding diaryl/α,β-unsaturated/α-hetero) is 1. The third-order valence-electron chi connectivity index (χ3n) is 3.28. The van der Waals surface area contributed by atoms with Gasteiger partial charge in [0.25, 0.3) is 0 Å². The van der Waals surface area contributed by atoms with Crippen LogP contribution in [0.4, 0.5) is 0 Å². The maximum atomic E-state index is 12.4. The highest BCUT2D eigenvalue weighted by Gasteiger charge is 2.41. The summed E-state index contributed by atoms with van der Waals surface area (Å²) in [5.41, 5.74) is 0. The van der Waals surface area contributed by atoms with Crippen LogP contribution in [-0.2, 0) is 14.6 Å². The number of sulfone groups is 1. The Morgan fingerprint density at radius 2 is 1.94 bits per heavy atom. The fourth-order valence-electron chi connectivity index (χ4n) is 2.23. The van der Waals surface area contributed by atoms with E-state index < -0.39 is 21.0 Å². The van der Waals surface area contributed by atoms with Crippen LogP contribution in [0.3, 0.4) is 0 Å². The molecule has 0 aliphatic heterocycles. The van der Waals surface area contributed by atoms with Crippen LogP contribution in [0.2, 0.25) is 0 Å². The van der Waals surface area contributed by atoms with Gasteiger partial charge >= 0.3 is 0 Å². The summed E-state index contributed by atoms with van der Waals surface area (Å²) >= 11 is 3.25. The van der Waals surface area contributed by atoms with Crippen molar-refractivity contribution in [1.29, 1.82) is 0 Å². The fourth-order valence-corrected chi connectivity index (χ4v) is 5.25. The van der Waals surface area contributed by atoms with Gasteiger partial charge in [-0.25, -0.2) is 8.42 Å². The minimum Gasteiger partial charge on any atom is -0.299 e. The van der Waals surface area contributed by atoms with Gasteiger partial charge < -0.3 is 0 Å². The van der Waals surface area contributed by atoms with Gasteiger partial charge in [0.2, 0.25) is 0 Å². The van der Waals surface area contributed by atoms with Crippen molar-refractivity contribution in [2.45, 2.75) is 29.9 Å². The lowest BCUT2D eigenvalue weighted by Gasteiger charge is -2.16. The summed E-state index contributed by atoms with van der Waals surface area (Å²) in [5, 5.41) is -0.575. The number of rotatable bonds is 2. The van der Waals surface area contributed by atoms with Crippen LogP contribution in [0, 0.1) is 5.92 Å².